The Labute approximate surface area is 173 Å². The number of fused-ring (bicyclic) bond motifs is 1. The number of aromatic nitrogens is 2. The van der Waals surface area contributed by atoms with Crippen molar-refractivity contribution < 1.29 is 4.74 Å². The molecule has 0 atom stereocenters. The summed E-state index contributed by atoms with van der Waals surface area (Å²) in [5.41, 5.74) is 2.54. The fourth-order valence-corrected chi connectivity index (χ4v) is 3.86. The van der Waals surface area contributed by atoms with E-state index < -0.39 is 0 Å². The molecule has 0 unspecified atom stereocenters. The average molecular weight is 401 g/mol. The number of methoxy groups -OCH3 is 1. The summed E-state index contributed by atoms with van der Waals surface area (Å²) in [6.45, 7) is 0. The molecular weight excluding hydrogens is 380 g/mol. The van der Waals surface area contributed by atoms with Crippen molar-refractivity contribution in [2.45, 2.75) is 5.16 Å². The van der Waals surface area contributed by atoms with Crippen molar-refractivity contribution in [1.82, 2.24) is 9.55 Å². The number of benzene rings is 3. The first-order chi connectivity index (χ1) is 14.3. The molecule has 0 spiro atoms. The predicted molar refractivity (Wildman–Crippen MR) is 120 cm³/mol. The van der Waals surface area contributed by atoms with E-state index in [1.807, 2.05) is 66.7 Å². The Morgan fingerprint density at radius 1 is 0.966 bits per heavy atom. The van der Waals surface area contributed by atoms with E-state index in [9.17, 15) is 4.79 Å². The summed E-state index contributed by atoms with van der Waals surface area (Å²) in [5, 5.41) is 1.27. The molecule has 29 heavy (non-hydrogen) atoms. The second-order valence-electron chi connectivity index (χ2n) is 6.37. The van der Waals surface area contributed by atoms with Gasteiger partial charge in [0.1, 0.15) is 5.75 Å². The van der Waals surface area contributed by atoms with Crippen molar-refractivity contribution in [2.75, 3.05) is 12.9 Å². The summed E-state index contributed by atoms with van der Waals surface area (Å²) >= 11 is 1.53. The zero-order valence-electron chi connectivity index (χ0n) is 16.0. The predicted octanol–water partition coefficient (Wildman–Crippen LogP) is 5.20. The van der Waals surface area contributed by atoms with Gasteiger partial charge in [0.15, 0.2) is 5.16 Å². The molecule has 0 aliphatic rings. The van der Waals surface area contributed by atoms with E-state index in [2.05, 4.69) is 24.3 Å². The van der Waals surface area contributed by atoms with E-state index in [4.69, 9.17) is 9.72 Å². The molecule has 0 saturated carbocycles. The van der Waals surface area contributed by atoms with Crippen LogP contribution in [0.2, 0.25) is 0 Å². The highest BCUT2D eigenvalue weighted by Gasteiger charge is 2.13. The highest BCUT2D eigenvalue weighted by Crippen LogP contribution is 2.23. The summed E-state index contributed by atoms with van der Waals surface area (Å²) in [6.07, 6.45) is 4.16. The molecule has 1 heterocycles. The van der Waals surface area contributed by atoms with Gasteiger partial charge < -0.3 is 4.74 Å². The van der Waals surface area contributed by atoms with E-state index in [0.717, 1.165) is 17.0 Å². The summed E-state index contributed by atoms with van der Waals surface area (Å²) in [7, 11) is 1.62. The standard InChI is InChI=1S/C24H20N2O2S/c1-28-20-15-13-19(14-16-20)26-23(27)21-11-5-6-12-22(21)25-24(26)29-17-7-10-18-8-3-2-4-9-18/h2-16H,17H2,1H3. The molecule has 5 heteroatoms. The van der Waals surface area contributed by atoms with Crippen LogP contribution in [0.3, 0.4) is 0 Å². The Kier molecular flexibility index (Phi) is 5.77. The molecule has 144 valence electrons. The Balaban J connectivity index is 1.71. The van der Waals surface area contributed by atoms with Crippen molar-refractivity contribution in [3.8, 4) is 11.4 Å². The number of ether oxygens (including phenoxy) is 1. The first kappa shape index (κ1) is 19.0. The Hall–Kier alpha value is -3.31. The number of thioether (sulfide) groups is 1. The highest BCUT2D eigenvalue weighted by atomic mass is 32.2. The normalized spacial score (nSPS) is 11.2. The summed E-state index contributed by atoms with van der Waals surface area (Å²) < 4.78 is 6.91. The number of hydrogen-bond acceptors (Lipinski definition) is 4. The molecule has 0 radical (unpaired) electrons. The molecule has 0 saturated heterocycles. The molecule has 1 aromatic heterocycles. The summed E-state index contributed by atoms with van der Waals surface area (Å²) in [5.74, 6) is 1.45. The fraction of sp³-hybridized carbons (Fsp3) is 0.0833. The van der Waals surface area contributed by atoms with E-state index in [1.54, 1.807) is 11.7 Å². The molecule has 0 aliphatic carbocycles. The third-order valence-electron chi connectivity index (χ3n) is 4.49. The molecular formula is C24H20N2O2S. The lowest BCUT2D eigenvalue weighted by atomic mass is 10.2. The van der Waals surface area contributed by atoms with Crippen molar-refractivity contribution in [3.63, 3.8) is 0 Å². The van der Waals surface area contributed by atoms with Crippen LogP contribution in [0, 0.1) is 0 Å². The highest BCUT2D eigenvalue weighted by molar-refractivity contribution is 7.99. The SMILES string of the molecule is COc1ccc(-n2c(SCC=Cc3ccccc3)nc3ccccc3c2=O)cc1. The number of para-hydroxylation sites is 1. The molecule has 0 bridgehead atoms. The van der Waals surface area contributed by atoms with Crippen LogP contribution in [0.5, 0.6) is 5.75 Å². The minimum atomic E-state index is -0.0738. The lowest BCUT2D eigenvalue weighted by Crippen LogP contribution is -2.21. The summed E-state index contributed by atoms with van der Waals surface area (Å²) in [6, 6.07) is 25.0. The van der Waals surface area contributed by atoms with Crippen molar-refractivity contribution in [2.24, 2.45) is 0 Å². The van der Waals surface area contributed by atoms with Crippen molar-refractivity contribution >= 4 is 28.7 Å². The van der Waals surface area contributed by atoms with E-state index in [1.165, 1.54) is 11.8 Å². The molecule has 0 aliphatic heterocycles. The molecule has 4 nitrogen and oxygen atoms in total. The molecule has 0 amide bonds. The van der Waals surface area contributed by atoms with Gasteiger partial charge >= 0.3 is 0 Å². The van der Waals surface area contributed by atoms with Crippen LogP contribution in [0.1, 0.15) is 5.56 Å². The van der Waals surface area contributed by atoms with Gasteiger partial charge in [0.05, 0.1) is 23.7 Å². The minimum Gasteiger partial charge on any atom is -0.497 e. The Bertz CT molecular complexity index is 1200. The maximum absolute atomic E-state index is 13.2. The van der Waals surface area contributed by atoms with E-state index >= 15 is 0 Å². The van der Waals surface area contributed by atoms with Gasteiger partial charge in [-0.15, -0.1) is 0 Å². The molecule has 0 fully saturated rings. The van der Waals surface area contributed by atoms with Gasteiger partial charge in [-0.2, -0.15) is 0 Å². The van der Waals surface area contributed by atoms with E-state index in [0.29, 0.717) is 21.8 Å². The number of rotatable bonds is 6. The maximum Gasteiger partial charge on any atom is 0.266 e. The van der Waals surface area contributed by atoms with E-state index in [-0.39, 0.29) is 5.56 Å². The smallest absolute Gasteiger partial charge is 0.266 e. The van der Waals surface area contributed by atoms with Gasteiger partial charge in [-0.3, -0.25) is 9.36 Å². The van der Waals surface area contributed by atoms with Crippen LogP contribution in [0.25, 0.3) is 22.7 Å². The first-order valence-electron chi connectivity index (χ1n) is 9.27. The van der Waals surface area contributed by atoms with Crippen LogP contribution in [0.15, 0.2) is 94.9 Å². The number of hydrogen-bond donors (Lipinski definition) is 0. The Morgan fingerprint density at radius 3 is 2.45 bits per heavy atom. The van der Waals surface area contributed by atoms with Crippen LogP contribution in [-0.4, -0.2) is 22.4 Å². The topological polar surface area (TPSA) is 44.1 Å². The first-order valence-corrected chi connectivity index (χ1v) is 10.3. The Morgan fingerprint density at radius 2 is 1.69 bits per heavy atom. The van der Waals surface area contributed by atoms with Crippen LogP contribution in [0.4, 0.5) is 0 Å². The quantitative estimate of drug-likeness (QED) is 0.330. The second-order valence-corrected chi connectivity index (χ2v) is 7.36. The molecule has 4 aromatic rings. The van der Waals surface area contributed by atoms with Gasteiger partial charge in [0.2, 0.25) is 0 Å². The third-order valence-corrected chi connectivity index (χ3v) is 5.39. The third kappa shape index (κ3) is 4.25. The zero-order valence-corrected chi connectivity index (χ0v) is 16.8. The average Bonchev–Trinajstić information content (AvgIpc) is 2.78. The lowest BCUT2D eigenvalue weighted by molar-refractivity contribution is 0.414. The number of nitrogens with zero attached hydrogens (tertiary/aromatic N) is 2. The minimum absolute atomic E-state index is 0.0738. The van der Waals surface area contributed by atoms with Crippen molar-refractivity contribution in [3.05, 3.63) is 101 Å². The van der Waals surface area contributed by atoms with Gasteiger partial charge in [0.25, 0.3) is 5.56 Å². The molecule has 0 N–H and O–H groups in total. The van der Waals surface area contributed by atoms with Gasteiger partial charge in [-0.1, -0.05) is 66.4 Å². The molecule has 3 aromatic carbocycles. The summed E-state index contributed by atoms with van der Waals surface area (Å²) in [4.78, 5) is 18.0. The molecule has 4 rings (SSSR count). The van der Waals surface area contributed by atoms with Crippen LogP contribution in [-0.2, 0) is 0 Å². The van der Waals surface area contributed by atoms with Gasteiger partial charge in [-0.25, -0.2) is 4.98 Å². The lowest BCUT2D eigenvalue weighted by Gasteiger charge is -2.13. The monoisotopic (exact) mass is 400 g/mol. The second kappa shape index (κ2) is 8.80. The fourth-order valence-electron chi connectivity index (χ4n) is 3.04. The largest absolute Gasteiger partial charge is 0.497 e. The van der Waals surface area contributed by atoms with Gasteiger partial charge in [-0.05, 0) is 42.0 Å². The van der Waals surface area contributed by atoms with Crippen LogP contribution < -0.4 is 10.3 Å². The zero-order chi connectivity index (χ0) is 20.1. The maximum atomic E-state index is 13.2. The van der Waals surface area contributed by atoms with Crippen molar-refractivity contribution in [1.29, 1.82) is 0 Å². The van der Waals surface area contributed by atoms with Crippen LogP contribution >= 0.6 is 11.8 Å². The van der Waals surface area contributed by atoms with Gasteiger partial charge in [0, 0.05) is 5.75 Å².